The van der Waals surface area contributed by atoms with Crippen LogP contribution in [0.3, 0.4) is 0 Å². The minimum atomic E-state index is -0.202. The number of nitrogens with zero attached hydrogens (tertiary/aromatic N) is 1. The van der Waals surface area contributed by atoms with Gasteiger partial charge in [0.15, 0.2) is 0 Å². The number of pyridine rings is 1. The zero-order valence-corrected chi connectivity index (χ0v) is 13.0. The first-order valence-electron chi connectivity index (χ1n) is 7.98. The zero-order valence-electron chi connectivity index (χ0n) is 13.0. The van der Waals surface area contributed by atoms with Crippen LogP contribution in [0.1, 0.15) is 27.9 Å². The molecule has 0 atom stereocenters. The zero-order chi connectivity index (χ0) is 16.1. The molecular weight excluding hydrogens is 290 g/mol. The molecule has 0 spiro atoms. The van der Waals surface area contributed by atoms with Crippen LogP contribution in [0.15, 0.2) is 47.4 Å². The summed E-state index contributed by atoms with van der Waals surface area (Å²) in [6.07, 6.45) is 3.45. The lowest BCUT2D eigenvalue weighted by Gasteiger charge is -2.28. The van der Waals surface area contributed by atoms with Crippen LogP contribution in [-0.4, -0.2) is 35.4 Å². The van der Waals surface area contributed by atoms with Crippen molar-refractivity contribution >= 4 is 5.91 Å². The van der Waals surface area contributed by atoms with E-state index in [0.29, 0.717) is 12.1 Å². The van der Waals surface area contributed by atoms with E-state index in [0.717, 1.165) is 32.5 Å². The van der Waals surface area contributed by atoms with Gasteiger partial charge in [0, 0.05) is 38.4 Å². The Morgan fingerprint density at radius 2 is 2.00 bits per heavy atom. The van der Waals surface area contributed by atoms with Crippen LogP contribution < -0.4 is 10.9 Å². The highest BCUT2D eigenvalue weighted by atomic mass is 16.1. The smallest absolute Gasteiger partial charge is 0.252 e. The minimum Gasteiger partial charge on any atom is -0.352 e. The largest absolute Gasteiger partial charge is 0.352 e. The maximum atomic E-state index is 11.9. The summed E-state index contributed by atoms with van der Waals surface area (Å²) in [6, 6.07) is 11.5. The predicted molar refractivity (Wildman–Crippen MR) is 89.4 cm³/mol. The average Bonchev–Trinajstić information content (AvgIpc) is 2.59. The van der Waals surface area contributed by atoms with Gasteiger partial charge in [0.1, 0.15) is 0 Å². The van der Waals surface area contributed by atoms with Crippen molar-refractivity contribution in [3.8, 4) is 0 Å². The number of aromatic amines is 1. The van der Waals surface area contributed by atoms with Gasteiger partial charge in [-0.2, -0.15) is 0 Å². The molecule has 0 saturated heterocycles. The maximum absolute atomic E-state index is 11.9. The summed E-state index contributed by atoms with van der Waals surface area (Å²) >= 11 is 0. The normalized spacial score (nSPS) is 14.3. The number of amides is 1. The molecule has 5 heteroatoms. The van der Waals surface area contributed by atoms with E-state index < -0.39 is 0 Å². The molecule has 23 heavy (non-hydrogen) atoms. The van der Waals surface area contributed by atoms with Crippen LogP contribution in [-0.2, 0) is 13.0 Å². The van der Waals surface area contributed by atoms with Crippen LogP contribution in [0.4, 0.5) is 0 Å². The summed E-state index contributed by atoms with van der Waals surface area (Å²) < 4.78 is 0. The molecule has 1 amide bonds. The number of rotatable bonds is 5. The first kappa shape index (κ1) is 15.5. The van der Waals surface area contributed by atoms with Crippen molar-refractivity contribution < 1.29 is 4.79 Å². The fourth-order valence-electron chi connectivity index (χ4n) is 2.90. The van der Waals surface area contributed by atoms with E-state index in [4.69, 9.17) is 0 Å². The van der Waals surface area contributed by atoms with Crippen molar-refractivity contribution in [3.05, 3.63) is 69.6 Å². The van der Waals surface area contributed by atoms with Crippen molar-refractivity contribution in [1.29, 1.82) is 0 Å². The van der Waals surface area contributed by atoms with Crippen molar-refractivity contribution in [2.75, 3.05) is 19.6 Å². The predicted octanol–water partition coefficient (Wildman–Crippen LogP) is 1.55. The standard InChI is InChI=1S/C18H21N3O2/c22-17-7-6-15(12-20-17)18(23)19-9-3-10-21-11-8-14-4-1-2-5-16(14)13-21/h1-2,4-7,12H,3,8-11,13H2,(H,19,23)(H,20,22). The third-order valence-corrected chi connectivity index (χ3v) is 4.19. The average molecular weight is 311 g/mol. The molecule has 1 aliphatic rings. The number of carbonyl (C=O) groups excluding carboxylic acids is 1. The van der Waals surface area contributed by atoms with Crippen LogP contribution in [0.5, 0.6) is 0 Å². The summed E-state index contributed by atoms with van der Waals surface area (Å²) in [7, 11) is 0. The minimum absolute atomic E-state index is 0.148. The third kappa shape index (κ3) is 4.07. The number of fused-ring (bicyclic) bond motifs is 1. The van der Waals surface area contributed by atoms with Crippen molar-refractivity contribution in [2.24, 2.45) is 0 Å². The van der Waals surface area contributed by atoms with Crippen molar-refractivity contribution in [3.63, 3.8) is 0 Å². The van der Waals surface area contributed by atoms with E-state index in [1.165, 1.54) is 29.5 Å². The highest BCUT2D eigenvalue weighted by Crippen LogP contribution is 2.18. The number of hydrogen-bond donors (Lipinski definition) is 2. The highest BCUT2D eigenvalue weighted by molar-refractivity contribution is 5.93. The first-order chi connectivity index (χ1) is 11.2. The van der Waals surface area contributed by atoms with Gasteiger partial charge < -0.3 is 10.3 Å². The van der Waals surface area contributed by atoms with Gasteiger partial charge in [0.2, 0.25) is 5.56 Å². The topological polar surface area (TPSA) is 65.2 Å². The summed E-state index contributed by atoms with van der Waals surface area (Å²) in [5.74, 6) is -0.148. The van der Waals surface area contributed by atoms with Crippen LogP contribution >= 0.6 is 0 Å². The van der Waals surface area contributed by atoms with Crippen LogP contribution in [0.25, 0.3) is 0 Å². The Morgan fingerprint density at radius 1 is 1.17 bits per heavy atom. The van der Waals surface area contributed by atoms with E-state index in [9.17, 15) is 9.59 Å². The molecule has 1 aliphatic heterocycles. The number of benzene rings is 1. The van der Waals surface area contributed by atoms with Gasteiger partial charge in [0.05, 0.1) is 5.56 Å². The maximum Gasteiger partial charge on any atom is 0.252 e. The molecule has 0 saturated carbocycles. The number of carbonyl (C=O) groups is 1. The summed E-state index contributed by atoms with van der Waals surface area (Å²) in [6.45, 7) is 3.67. The Bertz CT molecular complexity index is 719. The van der Waals surface area contributed by atoms with Gasteiger partial charge >= 0.3 is 0 Å². The SMILES string of the molecule is O=C(NCCCN1CCc2ccccc2C1)c1ccc(=O)[nH]c1. The molecule has 2 aromatic rings. The van der Waals surface area contributed by atoms with Crippen molar-refractivity contribution in [2.45, 2.75) is 19.4 Å². The van der Waals surface area contributed by atoms with Gasteiger partial charge in [0.25, 0.3) is 5.91 Å². The Balaban J connectivity index is 1.41. The number of aromatic nitrogens is 1. The second kappa shape index (κ2) is 7.24. The van der Waals surface area contributed by atoms with E-state index >= 15 is 0 Å². The Kier molecular flexibility index (Phi) is 4.88. The monoisotopic (exact) mass is 311 g/mol. The summed E-state index contributed by atoms with van der Waals surface area (Å²) in [5, 5.41) is 2.89. The fourth-order valence-corrected chi connectivity index (χ4v) is 2.90. The molecule has 0 bridgehead atoms. The highest BCUT2D eigenvalue weighted by Gasteiger charge is 2.15. The second-order valence-corrected chi connectivity index (χ2v) is 5.85. The molecule has 0 radical (unpaired) electrons. The number of H-pyrrole nitrogens is 1. The fraction of sp³-hybridized carbons (Fsp3) is 0.333. The third-order valence-electron chi connectivity index (χ3n) is 4.19. The molecular formula is C18H21N3O2. The lowest BCUT2D eigenvalue weighted by Crippen LogP contribution is -2.33. The van der Waals surface area contributed by atoms with Gasteiger partial charge in [-0.25, -0.2) is 0 Å². The molecule has 120 valence electrons. The molecule has 2 N–H and O–H groups in total. The first-order valence-corrected chi connectivity index (χ1v) is 7.98. The molecule has 5 nitrogen and oxygen atoms in total. The molecule has 0 aliphatic carbocycles. The van der Waals surface area contributed by atoms with Gasteiger partial charge in [-0.1, -0.05) is 24.3 Å². The van der Waals surface area contributed by atoms with Gasteiger partial charge in [-0.05, 0) is 30.0 Å². The number of hydrogen-bond acceptors (Lipinski definition) is 3. The quantitative estimate of drug-likeness (QED) is 0.824. The lowest BCUT2D eigenvalue weighted by atomic mass is 10.00. The molecule has 0 unspecified atom stereocenters. The van der Waals surface area contributed by atoms with Crippen LogP contribution in [0.2, 0.25) is 0 Å². The summed E-state index contributed by atoms with van der Waals surface area (Å²) in [5.41, 5.74) is 3.15. The van der Waals surface area contributed by atoms with E-state index in [-0.39, 0.29) is 11.5 Å². The summed E-state index contributed by atoms with van der Waals surface area (Å²) in [4.78, 5) is 27.8. The Labute approximate surface area is 135 Å². The van der Waals surface area contributed by atoms with Gasteiger partial charge in [-0.15, -0.1) is 0 Å². The Morgan fingerprint density at radius 3 is 2.78 bits per heavy atom. The Hall–Kier alpha value is -2.40. The van der Waals surface area contributed by atoms with Crippen molar-refractivity contribution in [1.82, 2.24) is 15.2 Å². The molecule has 3 rings (SSSR count). The molecule has 1 aromatic heterocycles. The lowest BCUT2D eigenvalue weighted by molar-refractivity contribution is 0.0951. The second-order valence-electron chi connectivity index (χ2n) is 5.85. The molecule has 2 heterocycles. The van der Waals surface area contributed by atoms with Crippen LogP contribution in [0, 0.1) is 0 Å². The van der Waals surface area contributed by atoms with E-state index in [2.05, 4.69) is 39.5 Å². The van der Waals surface area contributed by atoms with E-state index in [1.807, 2.05) is 0 Å². The van der Waals surface area contributed by atoms with E-state index in [1.54, 1.807) is 0 Å². The number of nitrogens with one attached hydrogen (secondary N) is 2. The molecule has 0 fully saturated rings. The molecule has 1 aromatic carbocycles. The van der Waals surface area contributed by atoms with Gasteiger partial charge in [-0.3, -0.25) is 14.5 Å².